The van der Waals surface area contributed by atoms with Crippen molar-refractivity contribution in [2.24, 2.45) is 11.8 Å². The summed E-state index contributed by atoms with van der Waals surface area (Å²) in [6.45, 7) is 8.03. The summed E-state index contributed by atoms with van der Waals surface area (Å²) >= 11 is 0. The Morgan fingerprint density at radius 2 is 1.96 bits per heavy atom. The van der Waals surface area contributed by atoms with Gasteiger partial charge < -0.3 is 19.6 Å². The monoisotopic (exact) mass is 388 g/mol. The molecular weight excluding hydrogens is 356 g/mol. The number of likely N-dealkylation sites (tertiary alicyclic amines) is 2. The highest BCUT2D eigenvalue weighted by Crippen LogP contribution is 2.32. The van der Waals surface area contributed by atoms with Gasteiger partial charge in [-0.15, -0.1) is 0 Å². The van der Waals surface area contributed by atoms with Crippen LogP contribution in [0.5, 0.6) is 0 Å². The minimum atomic E-state index is 0.0517. The van der Waals surface area contributed by atoms with Crippen LogP contribution in [0.1, 0.15) is 60.3 Å². The number of nitrogens with zero attached hydrogens (tertiary/aromatic N) is 3. The zero-order valence-electron chi connectivity index (χ0n) is 17.1. The van der Waals surface area contributed by atoms with E-state index in [0.29, 0.717) is 47.2 Å². The third-order valence-electron chi connectivity index (χ3n) is 6.71. The molecule has 0 aliphatic carbocycles. The van der Waals surface area contributed by atoms with Crippen LogP contribution in [0.15, 0.2) is 4.52 Å². The van der Waals surface area contributed by atoms with E-state index in [-0.39, 0.29) is 5.91 Å². The molecule has 1 aromatic heterocycles. The number of carbonyl (C=O) groups excluding carboxylic acids is 2. The Kier molecular flexibility index (Phi) is 5.71. The number of hydrogen-bond donors (Lipinski definition) is 1. The molecule has 4 rings (SSSR count). The Morgan fingerprint density at radius 1 is 1.18 bits per heavy atom. The molecule has 0 aromatic carbocycles. The second-order valence-corrected chi connectivity index (χ2v) is 8.77. The summed E-state index contributed by atoms with van der Waals surface area (Å²) in [5.74, 6) is 1.93. The van der Waals surface area contributed by atoms with E-state index in [4.69, 9.17) is 4.52 Å². The normalized spacial score (nSPS) is 27.3. The number of carbonyl (C=O) groups is 2. The van der Waals surface area contributed by atoms with Crippen molar-refractivity contribution in [3.8, 4) is 0 Å². The number of hydrogen-bond acceptors (Lipinski definition) is 5. The first-order valence-corrected chi connectivity index (χ1v) is 10.8. The third-order valence-corrected chi connectivity index (χ3v) is 6.71. The van der Waals surface area contributed by atoms with Crippen LogP contribution in [-0.4, -0.2) is 65.5 Å². The molecule has 0 spiro atoms. The van der Waals surface area contributed by atoms with Crippen LogP contribution in [0.25, 0.3) is 0 Å². The van der Waals surface area contributed by atoms with Gasteiger partial charge in [0.1, 0.15) is 11.3 Å². The second-order valence-electron chi connectivity index (χ2n) is 8.77. The molecule has 3 saturated heterocycles. The summed E-state index contributed by atoms with van der Waals surface area (Å²) in [6, 6.07) is 0.392. The van der Waals surface area contributed by atoms with E-state index in [1.165, 1.54) is 6.42 Å². The molecule has 3 atom stereocenters. The van der Waals surface area contributed by atoms with Crippen molar-refractivity contribution in [1.29, 1.82) is 0 Å². The third kappa shape index (κ3) is 3.95. The second kappa shape index (κ2) is 8.23. The fraction of sp³-hybridized carbons (Fsp3) is 0.762. The van der Waals surface area contributed by atoms with Gasteiger partial charge in [-0.1, -0.05) is 5.16 Å². The molecule has 2 bridgehead atoms. The Balaban J connectivity index is 1.32. The molecule has 2 amide bonds. The van der Waals surface area contributed by atoms with E-state index in [1.54, 1.807) is 6.92 Å². The quantitative estimate of drug-likeness (QED) is 0.836. The van der Waals surface area contributed by atoms with Gasteiger partial charge in [-0.05, 0) is 64.3 Å². The number of aryl methyl sites for hydroxylation is 2. The van der Waals surface area contributed by atoms with E-state index in [1.807, 2.05) is 16.7 Å². The van der Waals surface area contributed by atoms with E-state index in [0.717, 1.165) is 58.4 Å². The molecule has 28 heavy (non-hydrogen) atoms. The molecular formula is C21H32N4O3. The highest BCUT2D eigenvalue weighted by molar-refractivity contribution is 5.96. The molecule has 4 heterocycles. The Labute approximate surface area is 166 Å². The van der Waals surface area contributed by atoms with Gasteiger partial charge >= 0.3 is 0 Å². The average Bonchev–Trinajstić information content (AvgIpc) is 3.33. The lowest BCUT2D eigenvalue weighted by atomic mass is 9.78. The van der Waals surface area contributed by atoms with Crippen LogP contribution in [0.4, 0.5) is 0 Å². The van der Waals surface area contributed by atoms with Crippen LogP contribution in [0, 0.1) is 25.7 Å². The van der Waals surface area contributed by atoms with Gasteiger partial charge in [-0.3, -0.25) is 9.59 Å². The number of fused-ring (bicyclic) bond motifs is 2. The van der Waals surface area contributed by atoms with Gasteiger partial charge in [0.15, 0.2) is 0 Å². The van der Waals surface area contributed by atoms with E-state index < -0.39 is 0 Å². The highest BCUT2D eigenvalue weighted by Gasteiger charge is 2.39. The van der Waals surface area contributed by atoms with Crippen LogP contribution >= 0.6 is 0 Å². The summed E-state index contributed by atoms with van der Waals surface area (Å²) in [5.41, 5.74) is 1.30. The smallest absolute Gasteiger partial charge is 0.259 e. The number of aromatic nitrogens is 1. The summed E-state index contributed by atoms with van der Waals surface area (Å²) in [6.07, 6.45) is 6.04. The molecule has 3 fully saturated rings. The number of nitrogens with one attached hydrogen (secondary N) is 1. The van der Waals surface area contributed by atoms with Gasteiger partial charge in [0.25, 0.3) is 5.91 Å². The Morgan fingerprint density at radius 3 is 2.68 bits per heavy atom. The average molecular weight is 389 g/mol. The Hall–Kier alpha value is -1.89. The largest absolute Gasteiger partial charge is 0.361 e. The molecule has 154 valence electrons. The van der Waals surface area contributed by atoms with Gasteiger partial charge in [0.05, 0.1) is 5.69 Å². The van der Waals surface area contributed by atoms with Gasteiger partial charge in [-0.2, -0.15) is 0 Å². The van der Waals surface area contributed by atoms with E-state index in [2.05, 4.69) is 10.5 Å². The van der Waals surface area contributed by atoms with Crippen LogP contribution < -0.4 is 5.32 Å². The van der Waals surface area contributed by atoms with E-state index >= 15 is 0 Å². The van der Waals surface area contributed by atoms with E-state index in [9.17, 15) is 9.59 Å². The first kappa shape index (κ1) is 19.4. The minimum absolute atomic E-state index is 0.0517. The predicted octanol–water partition coefficient (Wildman–Crippen LogP) is 2.13. The zero-order valence-corrected chi connectivity index (χ0v) is 17.1. The van der Waals surface area contributed by atoms with Crippen molar-refractivity contribution in [3.05, 3.63) is 17.0 Å². The maximum Gasteiger partial charge on any atom is 0.259 e. The van der Waals surface area contributed by atoms with Crippen LogP contribution in [0.3, 0.4) is 0 Å². The predicted molar refractivity (Wildman–Crippen MR) is 105 cm³/mol. The highest BCUT2D eigenvalue weighted by atomic mass is 16.5. The molecule has 0 radical (unpaired) electrons. The lowest BCUT2D eigenvalue weighted by molar-refractivity contribution is -0.130. The van der Waals surface area contributed by atoms with Gasteiger partial charge in [0.2, 0.25) is 5.91 Å². The molecule has 7 heteroatoms. The maximum absolute atomic E-state index is 13.0. The molecule has 2 unspecified atom stereocenters. The number of rotatable bonds is 5. The van der Waals surface area contributed by atoms with Crippen molar-refractivity contribution in [3.63, 3.8) is 0 Å². The Bertz CT molecular complexity index is 706. The first-order valence-electron chi connectivity index (χ1n) is 10.8. The SMILES string of the molecule is Cc1noc(C)c1C(=O)N1CC2CN[C@H](CCCC(=O)N3CCCC3)C(C2)C1. The van der Waals surface area contributed by atoms with Gasteiger partial charge in [0, 0.05) is 38.6 Å². The topological polar surface area (TPSA) is 78.7 Å². The summed E-state index contributed by atoms with van der Waals surface area (Å²) in [5, 5.41) is 7.63. The molecule has 1 N–H and O–H groups in total. The lowest BCUT2D eigenvalue weighted by Crippen LogP contribution is -2.57. The summed E-state index contributed by atoms with van der Waals surface area (Å²) < 4.78 is 5.19. The van der Waals surface area contributed by atoms with Crippen molar-refractivity contribution < 1.29 is 14.1 Å². The number of amides is 2. The molecule has 0 saturated carbocycles. The minimum Gasteiger partial charge on any atom is -0.361 e. The molecule has 3 aliphatic heterocycles. The van der Waals surface area contributed by atoms with Gasteiger partial charge in [-0.25, -0.2) is 0 Å². The van der Waals surface area contributed by atoms with Crippen molar-refractivity contribution in [1.82, 2.24) is 20.3 Å². The zero-order chi connectivity index (χ0) is 19.7. The fourth-order valence-electron chi connectivity index (χ4n) is 5.22. The fourth-order valence-corrected chi connectivity index (χ4v) is 5.22. The molecule has 1 aromatic rings. The molecule has 3 aliphatic rings. The lowest BCUT2D eigenvalue weighted by Gasteiger charge is -2.46. The number of piperidine rings is 2. The summed E-state index contributed by atoms with van der Waals surface area (Å²) in [4.78, 5) is 29.3. The summed E-state index contributed by atoms with van der Waals surface area (Å²) in [7, 11) is 0. The van der Waals surface area contributed by atoms with Crippen LogP contribution in [-0.2, 0) is 4.79 Å². The first-order chi connectivity index (χ1) is 13.5. The van der Waals surface area contributed by atoms with Crippen molar-refractivity contribution in [2.45, 2.75) is 58.4 Å². The van der Waals surface area contributed by atoms with Crippen LogP contribution in [0.2, 0.25) is 0 Å². The standard InChI is InChI=1S/C21H32N4O3/c1-14-20(15(2)28-23-14)21(27)25-12-16-10-17(13-25)18(22-11-16)6-5-7-19(26)24-8-3-4-9-24/h16-18,22H,3-13H2,1-2H3/t16?,17?,18-/m1/s1. The van der Waals surface area contributed by atoms with Crippen molar-refractivity contribution in [2.75, 3.05) is 32.7 Å². The van der Waals surface area contributed by atoms with Crippen molar-refractivity contribution >= 4 is 11.8 Å². The maximum atomic E-state index is 13.0. The molecule has 7 nitrogen and oxygen atoms in total.